The molecule has 0 N–H and O–H groups in total. The Morgan fingerprint density at radius 2 is 1.95 bits per heavy atom. The third-order valence-electron chi connectivity index (χ3n) is 3.28. The molecule has 0 saturated carbocycles. The summed E-state index contributed by atoms with van der Waals surface area (Å²) in [6, 6.07) is 0. The Kier molecular flexibility index (Phi) is 3.99. The summed E-state index contributed by atoms with van der Waals surface area (Å²) in [7, 11) is -1.31. The van der Waals surface area contributed by atoms with Crippen molar-refractivity contribution in [1.82, 2.24) is 19.6 Å². The van der Waals surface area contributed by atoms with Gasteiger partial charge in [-0.15, -0.1) is 0 Å². The van der Waals surface area contributed by atoms with Gasteiger partial charge < -0.3 is 0 Å². The summed E-state index contributed by atoms with van der Waals surface area (Å²) < 4.78 is 25.8. The highest BCUT2D eigenvalue weighted by Gasteiger charge is 2.19. The van der Waals surface area contributed by atoms with Crippen LogP contribution in [0.1, 0.15) is 21.7 Å². The Morgan fingerprint density at radius 1 is 1.29 bits per heavy atom. The van der Waals surface area contributed by atoms with E-state index in [1.165, 1.54) is 6.26 Å². The maximum Gasteiger partial charge on any atom is 0.153 e. The monoisotopic (exact) mass is 310 g/mol. The van der Waals surface area contributed by atoms with Crippen molar-refractivity contribution < 1.29 is 13.2 Å². The van der Waals surface area contributed by atoms with E-state index in [9.17, 15) is 13.2 Å². The van der Waals surface area contributed by atoms with Crippen LogP contribution in [0.4, 0.5) is 0 Å². The van der Waals surface area contributed by atoms with Gasteiger partial charge in [-0.05, 0) is 13.8 Å². The zero-order valence-corrected chi connectivity index (χ0v) is 13.3. The normalized spacial score (nSPS) is 11.8. The Hall–Kier alpha value is -1.96. The lowest BCUT2D eigenvalue weighted by Crippen LogP contribution is -2.13. The summed E-state index contributed by atoms with van der Waals surface area (Å²) in [5.74, 6) is 0.0250. The van der Waals surface area contributed by atoms with Gasteiger partial charge in [-0.25, -0.2) is 8.42 Å². The second-order valence-electron chi connectivity index (χ2n) is 5.12. The van der Waals surface area contributed by atoms with Crippen LogP contribution in [0.5, 0.6) is 0 Å². The number of hydrogen-bond donors (Lipinski definition) is 0. The minimum Gasteiger partial charge on any atom is -0.298 e. The molecular formula is C13H18N4O3S. The molecule has 0 atom stereocenters. The summed E-state index contributed by atoms with van der Waals surface area (Å²) in [6.07, 6.45) is 3.60. The van der Waals surface area contributed by atoms with Crippen molar-refractivity contribution in [3.63, 3.8) is 0 Å². The zero-order valence-electron chi connectivity index (χ0n) is 12.5. The van der Waals surface area contributed by atoms with Gasteiger partial charge in [0.05, 0.1) is 23.6 Å². The van der Waals surface area contributed by atoms with E-state index in [1.54, 1.807) is 22.6 Å². The topological polar surface area (TPSA) is 86.8 Å². The van der Waals surface area contributed by atoms with Gasteiger partial charge in [0, 0.05) is 30.8 Å². The van der Waals surface area contributed by atoms with E-state index in [0.29, 0.717) is 11.3 Å². The Morgan fingerprint density at radius 3 is 2.52 bits per heavy atom. The molecule has 2 heterocycles. The molecule has 0 bridgehead atoms. The second kappa shape index (κ2) is 5.44. The average Bonchev–Trinajstić information content (AvgIpc) is 2.86. The number of hydrogen-bond acceptors (Lipinski definition) is 5. The van der Waals surface area contributed by atoms with E-state index >= 15 is 0 Å². The Bertz CT molecular complexity index is 787. The first-order valence-corrected chi connectivity index (χ1v) is 8.50. The summed E-state index contributed by atoms with van der Waals surface area (Å²) in [4.78, 5) is 11.1. The second-order valence-corrected chi connectivity index (χ2v) is 7.38. The first kappa shape index (κ1) is 15.4. The summed E-state index contributed by atoms with van der Waals surface area (Å²) in [6.45, 7) is 3.96. The molecule has 0 unspecified atom stereocenters. The van der Waals surface area contributed by atoms with Crippen LogP contribution in [-0.4, -0.2) is 46.3 Å². The van der Waals surface area contributed by atoms with Crippen molar-refractivity contribution in [3.8, 4) is 11.3 Å². The number of aromatic nitrogens is 4. The standard InChI is InChI=1S/C13H18N4O3S/c1-9-12(13-11(8-18)7-16(3)15-13)10(2)17(14-9)5-6-21(4,19)20/h7-8H,5-6H2,1-4H3. The van der Waals surface area contributed by atoms with E-state index in [4.69, 9.17) is 0 Å². The van der Waals surface area contributed by atoms with Crippen molar-refractivity contribution in [3.05, 3.63) is 23.1 Å². The molecule has 7 nitrogen and oxygen atoms in total. The Balaban J connectivity index is 2.46. The number of aldehydes is 1. The highest BCUT2D eigenvalue weighted by molar-refractivity contribution is 7.90. The van der Waals surface area contributed by atoms with Crippen molar-refractivity contribution >= 4 is 16.1 Å². The van der Waals surface area contributed by atoms with Crippen LogP contribution in [0.2, 0.25) is 0 Å². The van der Waals surface area contributed by atoms with Crippen LogP contribution in [0.3, 0.4) is 0 Å². The SMILES string of the molecule is Cc1nn(CCS(C)(=O)=O)c(C)c1-c1nn(C)cc1C=O. The zero-order chi connectivity index (χ0) is 15.8. The first-order valence-electron chi connectivity index (χ1n) is 6.44. The smallest absolute Gasteiger partial charge is 0.153 e. The minimum absolute atomic E-state index is 0.0250. The molecule has 2 aromatic heterocycles. The van der Waals surface area contributed by atoms with Crippen LogP contribution < -0.4 is 0 Å². The van der Waals surface area contributed by atoms with Crippen LogP contribution in [0.15, 0.2) is 6.20 Å². The highest BCUT2D eigenvalue weighted by Crippen LogP contribution is 2.27. The summed E-state index contributed by atoms with van der Waals surface area (Å²) in [5, 5.41) is 8.67. The van der Waals surface area contributed by atoms with Crippen LogP contribution in [0.25, 0.3) is 11.3 Å². The van der Waals surface area contributed by atoms with Crippen molar-refractivity contribution in [2.24, 2.45) is 7.05 Å². The average molecular weight is 310 g/mol. The Labute approximate surface area is 123 Å². The van der Waals surface area contributed by atoms with Crippen molar-refractivity contribution in [2.45, 2.75) is 20.4 Å². The molecule has 0 aliphatic carbocycles. The lowest BCUT2D eigenvalue weighted by atomic mass is 10.1. The number of carbonyl (C=O) groups excluding carboxylic acids is 1. The lowest BCUT2D eigenvalue weighted by molar-refractivity contribution is 0.112. The number of rotatable bonds is 5. The van der Waals surface area contributed by atoms with Crippen LogP contribution >= 0.6 is 0 Å². The molecule has 8 heteroatoms. The molecule has 2 aromatic rings. The fraction of sp³-hybridized carbons (Fsp3) is 0.462. The molecule has 0 aliphatic heterocycles. The third kappa shape index (κ3) is 3.21. The summed E-state index contributed by atoms with van der Waals surface area (Å²) in [5.41, 5.74) is 3.38. The minimum atomic E-state index is -3.05. The van der Waals surface area contributed by atoms with E-state index in [1.807, 2.05) is 13.8 Å². The maximum absolute atomic E-state index is 11.3. The van der Waals surface area contributed by atoms with Gasteiger partial charge in [-0.3, -0.25) is 14.2 Å². The number of aryl methyl sites for hydroxylation is 3. The molecule has 0 amide bonds. The number of carbonyl (C=O) groups is 1. The predicted molar refractivity (Wildman–Crippen MR) is 79.0 cm³/mol. The van der Waals surface area contributed by atoms with E-state index in [2.05, 4.69) is 10.2 Å². The quantitative estimate of drug-likeness (QED) is 0.761. The van der Waals surface area contributed by atoms with Gasteiger partial charge >= 0.3 is 0 Å². The molecule has 2 rings (SSSR count). The van der Waals surface area contributed by atoms with Gasteiger partial charge in [0.15, 0.2) is 6.29 Å². The molecule has 21 heavy (non-hydrogen) atoms. The third-order valence-corrected chi connectivity index (χ3v) is 4.20. The number of nitrogens with zero attached hydrogens (tertiary/aromatic N) is 4. The van der Waals surface area contributed by atoms with Crippen LogP contribution in [-0.2, 0) is 23.4 Å². The van der Waals surface area contributed by atoms with Crippen LogP contribution in [0, 0.1) is 13.8 Å². The van der Waals surface area contributed by atoms with Gasteiger partial charge in [0.25, 0.3) is 0 Å². The maximum atomic E-state index is 11.3. The molecule has 114 valence electrons. The number of sulfone groups is 1. The molecule has 0 spiro atoms. The first-order chi connectivity index (χ1) is 9.73. The fourth-order valence-corrected chi connectivity index (χ4v) is 2.80. The van der Waals surface area contributed by atoms with Gasteiger partial charge in [-0.1, -0.05) is 0 Å². The lowest BCUT2D eigenvalue weighted by Gasteiger charge is -2.04. The highest BCUT2D eigenvalue weighted by atomic mass is 32.2. The summed E-state index contributed by atoms with van der Waals surface area (Å²) >= 11 is 0. The largest absolute Gasteiger partial charge is 0.298 e. The van der Waals surface area contributed by atoms with E-state index in [-0.39, 0.29) is 12.3 Å². The van der Waals surface area contributed by atoms with Crippen molar-refractivity contribution in [2.75, 3.05) is 12.0 Å². The van der Waals surface area contributed by atoms with Gasteiger partial charge in [0.2, 0.25) is 0 Å². The van der Waals surface area contributed by atoms with E-state index < -0.39 is 9.84 Å². The predicted octanol–water partition coefficient (Wildman–Crippen LogP) is 0.758. The molecule has 0 saturated heterocycles. The molecular weight excluding hydrogens is 292 g/mol. The molecule has 0 radical (unpaired) electrons. The fourth-order valence-electron chi connectivity index (χ4n) is 2.30. The molecule has 0 aromatic carbocycles. The van der Waals surface area contributed by atoms with E-state index in [0.717, 1.165) is 23.2 Å². The van der Waals surface area contributed by atoms with Gasteiger partial charge in [0.1, 0.15) is 15.5 Å². The van der Waals surface area contributed by atoms with Gasteiger partial charge in [-0.2, -0.15) is 10.2 Å². The van der Waals surface area contributed by atoms with Crippen molar-refractivity contribution in [1.29, 1.82) is 0 Å². The molecule has 0 fully saturated rings. The molecule has 0 aliphatic rings.